The number of nitrogens with one attached hydrogen (secondary N) is 1. The number of carbonyl (C=O) groups excluding carboxylic acids is 2. The van der Waals surface area contributed by atoms with Gasteiger partial charge in [-0.15, -0.1) is 0 Å². The molecule has 8 heteroatoms. The van der Waals surface area contributed by atoms with Gasteiger partial charge in [0.2, 0.25) is 5.91 Å². The van der Waals surface area contributed by atoms with Crippen LogP contribution in [-0.2, 0) is 17.8 Å². The number of likely N-dealkylation sites (N-methyl/N-ethyl adjacent to an activating group) is 1. The Bertz CT molecular complexity index is 983. The fourth-order valence-corrected chi connectivity index (χ4v) is 3.52. The number of fused-ring (bicyclic) bond motifs is 1. The molecule has 0 saturated carbocycles. The molecule has 0 bridgehead atoms. The third-order valence-electron chi connectivity index (χ3n) is 4.87. The Hall–Kier alpha value is -3.00. The molecule has 1 aliphatic rings. The Morgan fingerprint density at radius 2 is 1.90 bits per heavy atom. The summed E-state index contributed by atoms with van der Waals surface area (Å²) in [6.45, 7) is 3.23. The fraction of sp³-hybridized carbons (Fsp3) is 0.381. The molecule has 0 fully saturated rings. The standard InChI is InChI=1S/C21H25FN4O3/c1-4-23-20(28)19-17-9-10-25(18(27)13-24(2)3)11-14(17)12-26(21(19)29)16-7-5-15(22)6-8-16/h5-8,12H,4,9-11,13H2,1-3H3,(H,23,28). The van der Waals surface area contributed by atoms with Gasteiger partial charge in [-0.2, -0.15) is 0 Å². The number of halogens is 1. The van der Waals surface area contributed by atoms with Crippen LogP contribution < -0.4 is 10.9 Å². The van der Waals surface area contributed by atoms with Gasteiger partial charge in [0.25, 0.3) is 11.5 Å². The molecular weight excluding hydrogens is 375 g/mol. The highest BCUT2D eigenvalue weighted by Crippen LogP contribution is 2.22. The van der Waals surface area contributed by atoms with Crippen LogP contribution in [0.2, 0.25) is 0 Å². The van der Waals surface area contributed by atoms with E-state index in [-0.39, 0.29) is 18.0 Å². The summed E-state index contributed by atoms with van der Waals surface area (Å²) in [5.41, 5.74) is 1.52. The zero-order valence-corrected chi connectivity index (χ0v) is 16.9. The zero-order chi connectivity index (χ0) is 21.1. The average Bonchev–Trinajstić information content (AvgIpc) is 2.67. The third kappa shape index (κ3) is 4.37. The van der Waals surface area contributed by atoms with Gasteiger partial charge in [-0.05, 0) is 62.8 Å². The Morgan fingerprint density at radius 3 is 2.52 bits per heavy atom. The Labute approximate surface area is 168 Å². The molecule has 1 aromatic heterocycles. The summed E-state index contributed by atoms with van der Waals surface area (Å²) in [5.74, 6) is -0.859. The normalized spacial score (nSPS) is 13.3. The van der Waals surface area contributed by atoms with Crippen molar-refractivity contribution in [2.75, 3.05) is 33.7 Å². The number of aromatic nitrogens is 1. The number of hydrogen-bond acceptors (Lipinski definition) is 4. The number of amides is 2. The van der Waals surface area contributed by atoms with E-state index in [9.17, 15) is 18.8 Å². The summed E-state index contributed by atoms with van der Waals surface area (Å²) in [4.78, 5) is 41.8. The molecule has 2 amide bonds. The van der Waals surface area contributed by atoms with Gasteiger partial charge in [-0.3, -0.25) is 19.0 Å². The molecule has 0 aliphatic carbocycles. The first-order valence-electron chi connectivity index (χ1n) is 9.55. The van der Waals surface area contributed by atoms with Gasteiger partial charge in [0.1, 0.15) is 11.4 Å². The lowest BCUT2D eigenvalue weighted by Crippen LogP contribution is -2.43. The van der Waals surface area contributed by atoms with Crippen LogP contribution in [0.3, 0.4) is 0 Å². The van der Waals surface area contributed by atoms with Crippen molar-refractivity contribution >= 4 is 11.8 Å². The van der Waals surface area contributed by atoms with E-state index in [1.165, 1.54) is 28.8 Å². The summed E-state index contributed by atoms with van der Waals surface area (Å²) < 4.78 is 14.7. The van der Waals surface area contributed by atoms with Crippen LogP contribution in [0.4, 0.5) is 4.39 Å². The summed E-state index contributed by atoms with van der Waals surface area (Å²) in [6, 6.07) is 5.50. The molecule has 0 spiro atoms. The second-order valence-electron chi connectivity index (χ2n) is 7.32. The lowest BCUT2D eigenvalue weighted by atomic mass is 9.95. The quantitative estimate of drug-likeness (QED) is 0.818. The first-order valence-corrected chi connectivity index (χ1v) is 9.55. The molecule has 1 aliphatic heterocycles. The lowest BCUT2D eigenvalue weighted by Gasteiger charge is -2.31. The molecule has 1 N–H and O–H groups in total. The number of carbonyl (C=O) groups is 2. The van der Waals surface area contributed by atoms with Crippen molar-refractivity contribution in [1.29, 1.82) is 0 Å². The molecule has 3 rings (SSSR count). The minimum atomic E-state index is -0.450. The molecule has 7 nitrogen and oxygen atoms in total. The summed E-state index contributed by atoms with van der Waals surface area (Å²) in [5, 5.41) is 2.70. The topological polar surface area (TPSA) is 74.6 Å². The number of hydrogen-bond donors (Lipinski definition) is 1. The van der Waals surface area contributed by atoms with Gasteiger partial charge < -0.3 is 15.1 Å². The smallest absolute Gasteiger partial charge is 0.268 e. The number of pyridine rings is 1. The molecule has 0 radical (unpaired) electrons. The second kappa shape index (κ2) is 8.57. The van der Waals surface area contributed by atoms with E-state index < -0.39 is 17.3 Å². The van der Waals surface area contributed by atoms with Gasteiger partial charge in [-0.25, -0.2) is 4.39 Å². The van der Waals surface area contributed by atoms with E-state index in [4.69, 9.17) is 0 Å². The fourth-order valence-electron chi connectivity index (χ4n) is 3.52. The second-order valence-corrected chi connectivity index (χ2v) is 7.32. The predicted octanol–water partition coefficient (Wildman–Crippen LogP) is 1.17. The maximum atomic E-state index is 13.3. The molecule has 0 saturated heterocycles. The van der Waals surface area contributed by atoms with Gasteiger partial charge >= 0.3 is 0 Å². The van der Waals surface area contributed by atoms with Gasteiger partial charge in [0.15, 0.2) is 0 Å². The van der Waals surface area contributed by atoms with Crippen molar-refractivity contribution in [3.63, 3.8) is 0 Å². The van der Waals surface area contributed by atoms with Crippen LogP contribution in [0, 0.1) is 5.82 Å². The van der Waals surface area contributed by atoms with Gasteiger partial charge in [-0.1, -0.05) is 0 Å². The van der Waals surface area contributed by atoms with Crippen LogP contribution >= 0.6 is 0 Å². The Morgan fingerprint density at radius 1 is 1.21 bits per heavy atom. The molecule has 0 unspecified atom stereocenters. The number of rotatable bonds is 5. The van der Waals surface area contributed by atoms with Crippen LogP contribution in [0.5, 0.6) is 0 Å². The maximum absolute atomic E-state index is 13.3. The van der Waals surface area contributed by atoms with E-state index >= 15 is 0 Å². The maximum Gasteiger partial charge on any atom is 0.268 e. The number of benzene rings is 1. The highest BCUT2D eigenvalue weighted by Gasteiger charge is 2.28. The van der Waals surface area contributed by atoms with E-state index in [0.717, 1.165) is 5.56 Å². The first kappa shape index (κ1) is 20.7. The van der Waals surface area contributed by atoms with Crippen molar-refractivity contribution < 1.29 is 14.0 Å². The van der Waals surface area contributed by atoms with E-state index in [1.807, 2.05) is 14.1 Å². The molecule has 0 atom stereocenters. The number of nitrogens with zero attached hydrogens (tertiary/aromatic N) is 3. The zero-order valence-electron chi connectivity index (χ0n) is 16.9. The first-order chi connectivity index (χ1) is 13.8. The predicted molar refractivity (Wildman–Crippen MR) is 108 cm³/mol. The van der Waals surface area contributed by atoms with Crippen molar-refractivity contribution in [3.05, 3.63) is 63.3 Å². The van der Waals surface area contributed by atoms with Crippen LogP contribution in [0.25, 0.3) is 5.69 Å². The van der Waals surface area contributed by atoms with Crippen LogP contribution in [0.1, 0.15) is 28.4 Å². The minimum Gasteiger partial charge on any atom is -0.352 e. The van der Waals surface area contributed by atoms with Crippen molar-refractivity contribution in [2.24, 2.45) is 0 Å². The molecule has 2 aromatic rings. The summed E-state index contributed by atoms with van der Waals surface area (Å²) in [7, 11) is 3.66. The Balaban J connectivity index is 2.10. The summed E-state index contributed by atoms with van der Waals surface area (Å²) >= 11 is 0. The van der Waals surface area contributed by atoms with Crippen molar-refractivity contribution in [1.82, 2.24) is 19.7 Å². The van der Waals surface area contributed by atoms with E-state index in [2.05, 4.69) is 5.32 Å². The van der Waals surface area contributed by atoms with E-state index in [0.29, 0.717) is 37.3 Å². The highest BCUT2D eigenvalue weighted by molar-refractivity contribution is 5.96. The highest BCUT2D eigenvalue weighted by atomic mass is 19.1. The Kier molecular flexibility index (Phi) is 6.12. The molecule has 2 heterocycles. The molecule has 1 aromatic carbocycles. The van der Waals surface area contributed by atoms with Crippen LogP contribution in [0.15, 0.2) is 35.3 Å². The van der Waals surface area contributed by atoms with Crippen molar-refractivity contribution in [2.45, 2.75) is 19.9 Å². The summed E-state index contributed by atoms with van der Waals surface area (Å²) in [6.07, 6.45) is 2.09. The van der Waals surface area contributed by atoms with Crippen molar-refractivity contribution in [3.8, 4) is 5.69 Å². The largest absolute Gasteiger partial charge is 0.352 e. The van der Waals surface area contributed by atoms with Gasteiger partial charge in [0, 0.05) is 31.5 Å². The van der Waals surface area contributed by atoms with Gasteiger partial charge in [0.05, 0.1) is 6.54 Å². The third-order valence-corrected chi connectivity index (χ3v) is 4.87. The minimum absolute atomic E-state index is 0.0141. The van der Waals surface area contributed by atoms with Crippen LogP contribution in [-0.4, -0.2) is 59.9 Å². The lowest BCUT2D eigenvalue weighted by molar-refractivity contribution is -0.132. The van der Waals surface area contributed by atoms with E-state index in [1.54, 1.807) is 22.9 Å². The molecular formula is C21H25FN4O3. The molecule has 29 heavy (non-hydrogen) atoms. The molecule has 154 valence electrons. The monoisotopic (exact) mass is 400 g/mol. The average molecular weight is 400 g/mol. The SMILES string of the molecule is CCNC(=O)c1c2c(cn(-c3ccc(F)cc3)c1=O)CN(C(=O)CN(C)C)CC2.